The molecule has 16 nitrogen and oxygen atoms in total. The second-order valence-electron chi connectivity index (χ2n) is 26.2. The highest BCUT2D eigenvalue weighted by Gasteiger charge is 2.01. The molecular formula is C95H142O16. The van der Waals surface area contributed by atoms with Gasteiger partial charge in [0.1, 0.15) is 47.7 Å². The fraction of sp³-hybridized carbons (Fsp3) is 0.495. The highest BCUT2D eigenvalue weighted by molar-refractivity contribution is 5.30. The molecule has 0 N–H and O–H groups in total. The molecule has 618 valence electrons. The molecule has 0 aliphatic rings. The van der Waals surface area contributed by atoms with Crippen LogP contribution >= 0.6 is 0 Å². The van der Waals surface area contributed by atoms with Gasteiger partial charge in [0, 0.05) is 108 Å². The van der Waals surface area contributed by atoms with E-state index in [2.05, 4.69) is 147 Å². The minimum atomic E-state index is 0.622. The molecule has 0 unspecified atom stereocenters. The lowest BCUT2D eigenvalue weighted by Crippen LogP contribution is -2.06. The zero-order valence-electron chi connectivity index (χ0n) is 70.9. The van der Waals surface area contributed by atoms with Crippen molar-refractivity contribution in [3.05, 3.63) is 250 Å². The van der Waals surface area contributed by atoms with Crippen LogP contribution in [0.5, 0.6) is 34.5 Å². The number of hydrogen-bond acceptors (Lipinski definition) is 16. The lowest BCUT2D eigenvalue weighted by Gasteiger charge is -2.06. The number of aryl methyl sites for hydroxylation is 8. The molecule has 111 heavy (non-hydrogen) atoms. The van der Waals surface area contributed by atoms with Crippen molar-refractivity contribution in [2.75, 3.05) is 161 Å². The van der Waals surface area contributed by atoms with E-state index in [9.17, 15) is 0 Å². The summed E-state index contributed by atoms with van der Waals surface area (Å²) in [5, 5.41) is 0. The first-order valence-corrected chi connectivity index (χ1v) is 39.7. The van der Waals surface area contributed by atoms with Gasteiger partial charge in [0.25, 0.3) is 0 Å². The molecule has 0 fully saturated rings. The summed E-state index contributed by atoms with van der Waals surface area (Å²) in [6.07, 6.45) is 10.7. The van der Waals surface area contributed by atoms with E-state index in [4.69, 9.17) is 75.8 Å². The largest absolute Gasteiger partial charge is 0.494 e. The minimum absolute atomic E-state index is 0.622. The number of rotatable bonds is 47. The van der Waals surface area contributed by atoms with Crippen LogP contribution in [0.25, 0.3) is 0 Å². The van der Waals surface area contributed by atoms with E-state index in [1.54, 1.807) is 35.5 Å². The average molecular weight is 1540 g/mol. The van der Waals surface area contributed by atoms with Crippen molar-refractivity contribution < 1.29 is 75.8 Å². The van der Waals surface area contributed by atoms with Crippen molar-refractivity contribution in [1.82, 2.24) is 0 Å². The Balaban J connectivity index is 0.000000635. The third-order valence-corrected chi connectivity index (χ3v) is 15.7. The number of unbranched alkanes of at least 4 members (excludes halogenated alkanes) is 4. The number of hydrogen-bond donors (Lipinski definition) is 0. The molecule has 0 saturated heterocycles. The Morgan fingerprint density at radius 3 is 0.712 bits per heavy atom. The third kappa shape index (κ3) is 63.4. The first-order chi connectivity index (χ1) is 54.1. The van der Waals surface area contributed by atoms with Gasteiger partial charge in [-0.15, -0.1) is 0 Å². The Labute approximate surface area is 671 Å². The SMILES string of the molecule is CCCOCCOc1ccc(C)cc1.CCOCCCOc1ccc(C)cc1.CCOCCOc1ccc(C)cc1.COCCCCCCOc1ccc(C)cc1.COCCCCOc1ccc(C)cc1.COCCCOCc1ccc(C)cc1.COCCCOc1ccc(C)cc1.COCCOCc1ccc(C)cc1. The van der Waals surface area contributed by atoms with E-state index in [1.807, 2.05) is 123 Å². The number of benzene rings is 8. The second kappa shape index (κ2) is 73.6. The predicted octanol–water partition coefficient (Wildman–Crippen LogP) is 21.5. The van der Waals surface area contributed by atoms with Gasteiger partial charge in [-0.25, -0.2) is 0 Å². The highest BCUT2D eigenvalue weighted by atomic mass is 16.5. The molecule has 8 rings (SSSR count). The first-order valence-electron chi connectivity index (χ1n) is 39.7. The van der Waals surface area contributed by atoms with Crippen molar-refractivity contribution in [3.63, 3.8) is 0 Å². The van der Waals surface area contributed by atoms with Crippen LogP contribution in [0.15, 0.2) is 194 Å². The molecule has 0 aliphatic carbocycles. The molecule has 0 heterocycles. The molecule has 0 aromatic heterocycles. The summed E-state index contributed by atoms with van der Waals surface area (Å²) < 4.78 is 84.3. The first kappa shape index (κ1) is 101. The summed E-state index contributed by atoms with van der Waals surface area (Å²) in [7, 11) is 8.56. The molecule has 8 aromatic carbocycles. The zero-order valence-corrected chi connectivity index (χ0v) is 70.9. The summed E-state index contributed by atoms with van der Waals surface area (Å²) in [6, 6.07) is 65.4. The molecule has 16 heteroatoms. The van der Waals surface area contributed by atoms with Crippen molar-refractivity contribution in [2.24, 2.45) is 0 Å². The standard InChI is InChI=1S/C14H22O2.4C12H18O2.3C11H16O2/c1-13-7-9-14(10-8-13)16-12-6-4-3-5-11-15-2;1-11-4-6-12(7-5-11)10-14-9-3-8-13-2;1-11-5-7-12(8-6-11)14-10-4-3-9-13-2;1-3-13-9-4-10-14-12-7-5-11(2)6-8-12;1-3-8-13-9-10-14-12-6-4-11(2)5-7-12;1-10-4-6-11(7-5-10)13-9-3-8-12-2;1-10-3-5-11(6-4-10)9-13-8-7-12-2;1-3-12-8-9-13-11-6-4-10(2)5-7-11/h7-10H,3-6,11-12H2,1-2H3;4-7H,3,8-10H2,1-2H3;2*5-8H,3-4,9-10H2,1-2H3;4-7H,3,8-10H2,1-2H3;4-7H,3,8-9H2,1-2H3;3-6H,7-9H2,1-2H3;4-7H,3,8-9H2,1-2H3. The summed E-state index contributed by atoms with van der Waals surface area (Å²) in [6.45, 7) is 38.1. The van der Waals surface area contributed by atoms with Crippen molar-refractivity contribution in [1.29, 1.82) is 0 Å². The normalized spacial score (nSPS) is 10.2. The lowest BCUT2D eigenvalue weighted by atomic mass is 10.2. The van der Waals surface area contributed by atoms with Gasteiger partial charge >= 0.3 is 0 Å². The molecule has 0 spiro atoms. The van der Waals surface area contributed by atoms with E-state index in [1.165, 1.54) is 68.5 Å². The van der Waals surface area contributed by atoms with Gasteiger partial charge in [0.05, 0.1) is 66.1 Å². The van der Waals surface area contributed by atoms with E-state index >= 15 is 0 Å². The predicted molar refractivity (Wildman–Crippen MR) is 457 cm³/mol. The molecule has 0 aliphatic heterocycles. The van der Waals surface area contributed by atoms with Gasteiger partial charge in [0.2, 0.25) is 0 Å². The third-order valence-electron chi connectivity index (χ3n) is 15.7. The maximum absolute atomic E-state index is 5.64. The Morgan fingerprint density at radius 1 is 0.180 bits per heavy atom. The van der Waals surface area contributed by atoms with Crippen molar-refractivity contribution in [2.45, 2.75) is 154 Å². The van der Waals surface area contributed by atoms with Crippen LogP contribution in [0.2, 0.25) is 0 Å². The highest BCUT2D eigenvalue weighted by Crippen LogP contribution is 2.17. The Hall–Kier alpha value is -7.84. The van der Waals surface area contributed by atoms with Crippen LogP contribution in [-0.2, 0) is 60.6 Å². The molecule has 0 amide bonds. The minimum Gasteiger partial charge on any atom is -0.494 e. The smallest absolute Gasteiger partial charge is 0.119 e. The summed E-state index contributed by atoms with van der Waals surface area (Å²) in [5.74, 6) is 5.62. The van der Waals surface area contributed by atoms with Gasteiger partial charge in [-0.05, 0) is 198 Å². The van der Waals surface area contributed by atoms with E-state index in [0.29, 0.717) is 52.9 Å². The number of methoxy groups -OCH3 is 5. The maximum atomic E-state index is 5.64. The van der Waals surface area contributed by atoms with Gasteiger partial charge in [-0.3, -0.25) is 0 Å². The van der Waals surface area contributed by atoms with Crippen LogP contribution in [0, 0.1) is 55.4 Å². The molecule has 0 bridgehead atoms. The summed E-state index contributed by atoms with van der Waals surface area (Å²) in [4.78, 5) is 0. The topological polar surface area (TPSA) is 148 Å². The lowest BCUT2D eigenvalue weighted by molar-refractivity contribution is 0.0616. The molecule has 0 atom stereocenters. The fourth-order valence-electron chi connectivity index (χ4n) is 9.15. The van der Waals surface area contributed by atoms with Crippen LogP contribution in [0.3, 0.4) is 0 Å². The van der Waals surface area contributed by atoms with Gasteiger partial charge in [0.15, 0.2) is 0 Å². The van der Waals surface area contributed by atoms with E-state index in [-0.39, 0.29) is 0 Å². The Kier molecular flexibility index (Phi) is 67.1. The molecule has 0 radical (unpaired) electrons. The van der Waals surface area contributed by atoms with Gasteiger partial charge in [-0.2, -0.15) is 0 Å². The van der Waals surface area contributed by atoms with E-state index in [0.717, 1.165) is 172 Å². The summed E-state index contributed by atoms with van der Waals surface area (Å²) >= 11 is 0. The fourth-order valence-corrected chi connectivity index (χ4v) is 9.15. The quantitative estimate of drug-likeness (QED) is 0.0333. The van der Waals surface area contributed by atoms with Gasteiger partial charge < -0.3 is 75.8 Å². The van der Waals surface area contributed by atoms with Crippen molar-refractivity contribution >= 4 is 0 Å². The molecule has 0 saturated carbocycles. The van der Waals surface area contributed by atoms with E-state index < -0.39 is 0 Å². The Morgan fingerprint density at radius 2 is 0.396 bits per heavy atom. The number of ether oxygens (including phenoxy) is 16. The van der Waals surface area contributed by atoms with Crippen molar-refractivity contribution in [3.8, 4) is 34.5 Å². The van der Waals surface area contributed by atoms with Crippen LogP contribution < -0.4 is 28.4 Å². The molecular weight excluding hydrogens is 1400 g/mol. The molecule has 8 aromatic rings. The second-order valence-corrected chi connectivity index (χ2v) is 26.2. The Bertz CT molecular complexity index is 2890. The summed E-state index contributed by atoms with van der Waals surface area (Å²) in [5.41, 5.74) is 12.5. The zero-order chi connectivity index (χ0) is 81.1. The average Bonchev–Trinajstić information content (AvgIpc) is 1.14. The van der Waals surface area contributed by atoms with Crippen LogP contribution in [0.1, 0.15) is 141 Å². The van der Waals surface area contributed by atoms with Crippen LogP contribution in [-0.4, -0.2) is 161 Å². The van der Waals surface area contributed by atoms with Gasteiger partial charge in [-0.1, -0.05) is 179 Å². The van der Waals surface area contributed by atoms with Crippen LogP contribution in [0.4, 0.5) is 0 Å². The maximum Gasteiger partial charge on any atom is 0.119 e. The monoisotopic (exact) mass is 1540 g/mol.